The monoisotopic (exact) mass is 254 g/mol. The second kappa shape index (κ2) is 5.89. The van der Waals surface area contributed by atoms with Crippen LogP contribution in [-0.2, 0) is 4.74 Å². The Bertz CT molecular complexity index is 269. The predicted octanol–water partition coefficient (Wildman–Crippen LogP) is 2.25. The maximum atomic E-state index is 6.28. The molecular weight excluding hydrogens is 224 g/mol. The minimum atomic E-state index is 0.232. The van der Waals surface area contributed by atoms with Gasteiger partial charge in [-0.25, -0.2) is 0 Å². The molecule has 0 aromatic rings. The standard InChI is InChI=1S/C15H30N2O/c1-12(2)14-6-4-5-7-15(14,11-16)17-8-9-18-10-13(17)3/h12-14H,4-11,16H2,1-3H3. The predicted molar refractivity (Wildman–Crippen MR) is 75.6 cm³/mol. The number of nitrogens with two attached hydrogens (primary N) is 1. The fraction of sp³-hybridized carbons (Fsp3) is 1.00. The molecule has 3 unspecified atom stereocenters. The van der Waals surface area contributed by atoms with Crippen molar-refractivity contribution in [3.63, 3.8) is 0 Å². The molecule has 3 heteroatoms. The number of hydrogen-bond acceptors (Lipinski definition) is 3. The Morgan fingerprint density at radius 3 is 2.78 bits per heavy atom. The van der Waals surface area contributed by atoms with Gasteiger partial charge in [0.2, 0.25) is 0 Å². The molecule has 0 aromatic heterocycles. The van der Waals surface area contributed by atoms with E-state index < -0.39 is 0 Å². The lowest BCUT2D eigenvalue weighted by Crippen LogP contribution is -2.66. The van der Waals surface area contributed by atoms with E-state index in [2.05, 4.69) is 25.7 Å². The van der Waals surface area contributed by atoms with E-state index >= 15 is 0 Å². The molecule has 3 atom stereocenters. The molecule has 1 aliphatic heterocycles. The van der Waals surface area contributed by atoms with Crippen LogP contribution in [0.3, 0.4) is 0 Å². The molecule has 0 spiro atoms. The van der Waals surface area contributed by atoms with Gasteiger partial charge in [0.25, 0.3) is 0 Å². The molecule has 0 bridgehead atoms. The molecule has 2 aliphatic rings. The fourth-order valence-electron chi connectivity index (χ4n) is 4.32. The van der Waals surface area contributed by atoms with Crippen molar-refractivity contribution >= 4 is 0 Å². The van der Waals surface area contributed by atoms with Gasteiger partial charge in [-0.3, -0.25) is 4.90 Å². The highest BCUT2D eigenvalue weighted by Gasteiger charge is 2.47. The van der Waals surface area contributed by atoms with Crippen molar-refractivity contribution in [2.24, 2.45) is 17.6 Å². The van der Waals surface area contributed by atoms with Gasteiger partial charge in [0.1, 0.15) is 0 Å². The van der Waals surface area contributed by atoms with Crippen LogP contribution in [-0.4, -0.2) is 42.8 Å². The molecule has 1 heterocycles. The SMILES string of the molecule is CC(C)C1CCCCC1(CN)N1CCOCC1C. The zero-order chi connectivity index (χ0) is 13.2. The van der Waals surface area contributed by atoms with Gasteiger partial charge in [-0.1, -0.05) is 26.7 Å². The third kappa shape index (κ3) is 2.45. The lowest BCUT2D eigenvalue weighted by atomic mass is 9.66. The third-order valence-electron chi connectivity index (χ3n) is 5.16. The molecule has 0 radical (unpaired) electrons. The number of nitrogens with zero attached hydrogens (tertiary/aromatic N) is 1. The Morgan fingerprint density at radius 1 is 1.39 bits per heavy atom. The molecule has 1 aliphatic carbocycles. The van der Waals surface area contributed by atoms with Gasteiger partial charge in [0.05, 0.1) is 13.2 Å². The number of rotatable bonds is 3. The number of hydrogen-bond donors (Lipinski definition) is 1. The zero-order valence-electron chi connectivity index (χ0n) is 12.3. The second-order valence-electron chi connectivity index (χ2n) is 6.52. The summed E-state index contributed by atoms with van der Waals surface area (Å²) >= 11 is 0. The van der Waals surface area contributed by atoms with Gasteiger partial charge < -0.3 is 10.5 Å². The van der Waals surface area contributed by atoms with E-state index in [1.165, 1.54) is 25.7 Å². The first-order valence-corrected chi connectivity index (χ1v) is 7.66. The molecule has 3 nitrogen and oxygen atoms in total. The van der Waals surface area contributed by atoms with E-state index in [9.17, 15) is 0 Å². The average Bonchev–Trinajstić information content (AvgIpc) is 2.39. The summed E-state index contributed by atoms with van der Waals surface area (Å²) in [5.74, 6) is 1.47. The molecule has 1 saturated carbocycles. The summed E-state index contributed by atoms with van der Waals surface area (Å²) < 4.78 is 5.61. The molecule has 106 valence electrons. The van der Waals surface area contributed by atoms with Crippen molar-refractivity contribution in [1.29, 1.82) is 0 Å². The molecule has 2 N–H and O–H groups in total. The van der Waals surface area contributed by atoms with Crippen LogP contribution in [0.2, 0.25) is 0 Å². The van der Waals surface area contributed by atoms with Crippen LogP contribution in [0.25, 0.3) is 0 Å². The highest BCUT2D eigenvalue weighted by atomic mass is 16.5. The third-order valence-corrected chi connectivity index (χ3v) is 5.16. The van der Waals surface area contributed by atoms with Gasteiger partial charge in [0.15, 0.2) is 0 Å². The van der Waals surface area contributed by atoms with Crippen LogP contribution in [0.4, 0.5) is 0 Å². The van der Waals surface area contributed by atoms with Crippen LogP contribution in [0.15, 0.2) is 0 Å². The van der Waals surface area contributed by atoms with Crippen LogP contribution in [0.1, 0.15) is 46.5 Å². The van der Waals surface area contributed by atoms with E-state index in [1.54, 1.807) is 0 Å². The molecule has 1 saturated heterocycles. The largest absolute Gasteiger partial charge is 0.379 e. The Balaban J connectivity index is 2.25. The first kappa shape index (κ1) is 14.3. The van der Waals surface area contributed by atoms with E-state index in [1.807, 2.05) is 0 Å². The maximum absolute atomic E-state index is 6.28. The molecule has 0 amide bonds. The smallest absolute Gasteiger partial charge is 0.0620 e. The molecule has 18 heavy (non-hydrogen) atoms. The average molecular weight is 254 g/mol. The van der Waals surface area contributed by atoms with Gasteiger partial charge >= 0.3 is 0 Å². The maximum Gasteiger partial charge on any atom is 0.0620 e. The Morgan fingerprint density at radius 2 is 2.17 bits per heavy atom. The Labute approximate surface area is 112 Å². The lowest BCUT2D eigenvalue weighted by Gasteiger charge is -2.55. The molecule has 2 fully saturated rings. The number of morpholine rings is 1. The van der Waals surface area contributed by atoms with Crippen molar-refractivity contribution in [2.75, 3.05) is 26.3 Å². The van der Waals surface area contributed by atoms with Crippen LogP contribution in [0, 0.1) is 11.8 Å². The van der Waals surface area contributed by atoms with Crippen molar-refractivity contribution in [2.45, 2.75) is 58.0 Å². The Hall–Kier alpha value is -0.120. The van der Waals surface area contributed by atoms with Gasteiger partial charge in [-0.2, -0.15) is 0 Å². The summed E-state index contributed by atoms with van der Waals surface area (Å²) in [6, 6.07) is 0.515. The minimum absolute atomic E-state index is 0.232. The summed E-state index contributed by atoms with van der Waals surface area (Å²) in [6.07, 6.45) is 5.34. The van der Waals surface area contributed by atoms with E-state index in [4.69, 9.17) is 10.5 Å². The van der Waals surface area contributed by atoms with E-state index in [0.717, 1.165) is 38.1 Å². The summed E-state index contributed by atoms with van der Waals surface area (Å²) in [5, 5.41) is 0. The highest BCUT2D eigenvalue weighted by Crippen LogP contribution is 2.43. The van der Waals surface area contributed by atoms with Crippen LogP contribution in [0.5, 0.6) is 0 Å². The van der Waals surface area contributed by atoms with Crippen molar-refractivity contribution in [1.82, 2.24) is 4.90 Å². The highest BCUT2D eigenvalue weighted by molar-refractivity contribution is 5.02. The van der Waals surface area contributed by atoms with Crippen LogP contribution < -0.4 is 5.73 Å². The van der Waals surface area contributed by atoms with Crippen molar-refractivity contribution < 1.29 is 4.74 Å². The Kier molecular flexibility index (Phi) is 4.68. The minimum Gasteiger partial charge on any atom is -0.379 e. The summed E-state index contributed by atoms with van der Waals surface area (Å²) in [5.41, 5.74) is 6.51. The normalized spacial score (nSPS) is 39.2. The van der Waals surface area contributed by atoms with E-state index in [-0.39, 0.29) is 5.54 Å². The number of ether oxygens (including phenoxy) is 1. The van der Waals surface area contributed by atoms with Crippen molar-refractivity contribution in [3.05, 3.63) is 0 Å². The fourth-order valence-corrected chi connectivity index (χ4v) is 4.32. The molecule has 0 aromatic carbocycles. The second-order valence-corrected chi connectivity index (χ2v) is 6.52. The van der Waals surface area contributed by atoms with Crippen molar-refractivity contribution in [3.8, 4) is 0 Å². The van der Waals surface area contributed by atoms with E-state index in [0.29, 0.717) is 6.04 Å². The first-order valence-electron chi connectivity index (χ1n) is 7.66. The van der Waals surface area contributed by atoms with Crippen LogP contribution >= 0.6 is 0 Å². The summed E-state index contributed by atoms with van der Waals surface area (Å²) in [7, 11) is 0. The molecule has 2 rings (SSSR count). The molecular formula is C15H30N2O. The summed E-state index contributed by atoms with van der Waals surface area (Å²) in [4.78, 5) is 2.68. The first-order chi connectivity index (χ1) is 8.62. The lowest BCUT2D eigenvalue weighted by molar-refractivity contribution is -0.0985. The summed E-state index contributed by atoms with van der Waals surface area (Å²) in [6.45, 7) is 10.6. The zero-order valence-corrected chi connectivity index (χ0v) is 12.3. The quantitative estimate of drug-likeness (QED) is 0.839. The van der Waals surface area contributed by atoms with Gasteiger partial charge in [-0.15, -0.1) is 0 Å². The van der Waals surface area contributed by atoms with Gasteiger partial charge in [-0.05, 0) is 31.6 Å². The van der Waals surface area contributed by atoms with Gasteiger partial charge in [0, 0.05) is 24.7 Å². The topological polar surface area (TPSA) is 38.5 Å².